The van der Waals surface area contributed by atoms with Crippen LogP contribution in [0.2, 0.25) is 0 Å². The fraction of sp³-hybridized carbons (Fsp3) is 0. The van der Waals surface area contributed by atoms with Crippen molar-refractivity contribution in [2.24, 2.45) is 4.99 Å². The second kappa shape index (κ2) is 6.29. The molecule has 0 saturated carbocycles. The van der Waals surface area contributed by atoms with E-state index in [2.05, 4.69) is 16.5 Å². The van der Waals surface area contributed by atoms with Gasteiger partial charge in [-0.2, -0.15) is 0 Å². The Bertz CT molecular complexity index is 1070. The van der Waals surface area contributed by atoms with E-state index < -0.39 is 0 Å². The van der Waals surface area contributed by atoms with Gasteiger partial charge in [-0.05, 0) is 18.2 Å². The standard InChI is InChI=1S/C21H15N3O2/c1-13-19(14-6-2-4-8-17(14)25)21(15-7-3-5-9-18(15)26)24-20(13)16-12-22-10-11-23-16/h2-12,25-26H,1H2. The van der Waals surface area contributed by atoms with E-state index >= 15 is 0 Å². The van der Waals surface area contributed by atoms with E-state index in [4.69, 9.17) is 4.99 Å². The van der Waals surface area contributed by atoms with Crippen molar-refractivity contribution in [2.75, 3.05) is 0 Å². The first-order valence-electron chi connectivity index (χ1n) is 8.02. The van der Waals surface area contributed by atoms with Crippen LogP contribution in [0, 0.1) is 0 Å². The summed E-state index contributed by atoms with van der Waals surface area (Å²) in [6, 6.07) is 13.9. The largest absolute Gasteiger partial charge is 0.507 e. The number of phenolic OH excluding ortho intramolecular Hbond substituents is 2. The number of benzene rings is 2. The normalized spacial score (nSPS) is 13.8. The smallest absolute Gasteiger partial charge is 0.124 e. The lowest BCUT2D eigenvalue weighted by molar-refractivity contribution is 0.472. The van der Waals surface area contributed by atoms with Crippen LogP contribution in [0.3, 0.4) is 0 Å². The number of aliphatic imine (C=N–C) groups is 1. The molecule has 0 spiro atoms. The molecule has 0 saturated heterocycles. The number of rotatable bonds is 3. The quantitative estimate of drug-likeness (QED) is 0.759. The Balaban J connectivity index is 1.97. The number of hydrogen-bond acceptors (Lipinski definition) is 5. The summed E-state index contributed by atoms with van der Waals surface area (Å²) >= 11 is 0. The maximum absolute atomic E-state index is 10.4. The Morgan fingerprint density at radius 1 is 0.808 bits per heavy atom. The monoisotopic (exact) mass is 341 g/mol. The van der Waals surface area contributed by atoms with Gasteiger partial charge in [0.1, 0.15) is 17.2 Å². The zero-order valence-corrected chi connectivity index (χ0v) is 13.8. The number of aromatic nitrogens is 2. The third-order valence-electron chi connectivity index (χ3n) is 4.19. The van der Waals surface area contributed by atoms with E-state index in [1.807, 2.05) is 12.1 Å². The number of phenols is 2. The maximum atomic E-state index is 10.4. The number of aromatic hydroxyl groups is 2. The van der Waals surface area contributed by atoms with Crippen LogP contribution in [-0.4, -0.2) is 25.9 Å². The Morgan fingerprint density at radius 3 is 2.08 bits per heavy atom. The minimum absolute atomic E-state index is 0.104. The second-order valence-electron chi connectivity index (χ2n) is 5.79. The molecule has 2 heterocycles. The maximum Gasteiger partial charge on any atom is 0.124 e. The molecule has 3 aromatic rings. The molecule has 2 aromatic carbocycles. The minimum atomic E-state index is 0.104. The Hall–Kier alpha value is -3.73. The second-order valence-corrected chi connectivity index (χ2v) is 5.79. The molecule has 5 heteroatoms. The minimum Gasteiger partial charge on any atom is -0.507 e. The van der Waals surface area contributed by atoms with Crippen LogP contribution < -0.4 is 0 Å². The molecule has 4 rings (SSSR count). The van der Waals surface area contributed by atoms with Crippen LogP contribution in [0.15, 0.2) is 84.3 Å². The predicted octanol–water partition coefficient (Wildman–Crippen LogP) is 3.82. The van der Waals surface area contributed by atoms with Gasteiger partial charge in [0.25, 0.3) is 0 Å². The first-order valence-corrected chi connectivity index (χ1v) is 8.02. The van der Waals surface area contributed by atoms with E-state index in [1.54, 1.807) is 55.0 Å². The van der Waals surface area contributed by atoms with Gasteiger partial charge in [-0.1, -0.05) is 36.9 Å². The van der Waals surface area contributed by atoms with Crippen molar-refractivity contribution < 1.29 is 10.2 Å². The molecule has 2 N–H and O–H groups in total. The molecule has 1 aromatic heterocycles. The van der Waals surface area contributed by atoms with Gasteiger partial charge < -0.3 is 10.2 Å². The van der Waals surface area contributed by atoms with E-state index in [-0.39, 0.29) is 11.5 Å². The van der Waals surface area contributed by atoms with Crippen molar-refractivity contribution in [3.8, 4) is 11.5 Å². The zero-order chi connectivity index (χ0) is 18.1. The fourth-order valence-corrected chi connectivity index (χ4v) is 2.97. The summed E-state index contributed by atoms with van der Waals surface area (Å²) in [5.74, 6) is 0.222. The molecule has 0 unspecified atom stereocenters. The average Bonchev–Trinajstić information content (AvgIpc) is 3.00. The number of nitrogens with zero attached hydrogens (tertiary/aromatic N) is 3. The topological polar surface area (TPSA) is 78.6 Å². The van der Waals surface area contributed by atoms with Crippen LogP contribution in [-0.2, 0) is 0 Å². The number of para-hydroxylation sites is 2. The van der Waals surface area contributed by atoms with Crippen LogP contribution in [0.4, 0.5) is 0 Å². The summed E-state index contributed by atoms with van der Waals surface area (Å²) in [7, 11) is 0. The Morgan fingerprint density at radius 2 is 1.46 bits per heavy atom. The van der Waals surface area contributed by atoms with Crippen LogP contribution >= 0.6 is 0 Å². The molecule has 26 heavy (non-hydrogen) atoms. The van der Waals surface area contributed by atoms with Crippen molar-refractivity contribution in [3.63, 3.8) is 0 Å². The van der Waals surface area contributed by atoms with Crippen molar-refractivity contribution in [1.82, 2.24) is 9.97 Å². The number of allylic oxidation sites excluding steroid dienone is 2. The molecule has 126 valence electrons. The summed E-state index contributed by atoms with van der Waals surface area (Å²) < 4.78 is 0. The first-order chi connectivity index (χ1) is 12.7. The molecular weight excluding hydrogens is 326 g/mol. The van der Waals surface area contributed by atoms with Gasteiger partial charge in [0.05, 0.1) is 17.6 Å². The van der Waals surface area contributed by atoms with E-state index in [0.717, 1.165) is 0 Å². The molecule has 1 aliphatic heterocycles. The predicted molar refractivity (Wildman–Crippen MR) is 101 cm³/mol. The molecule has 1 aliphatic rings. The highest BCUT2D eigenvalue weighted by molar-refractivity contribution is 6.30. The highest BCUT2D eigenvalue weighted by Crippen LogP contribution is 2.44. The lowest BCUT2D eigenvalue weighted by Gasteiger charge is -2.11. The molecular formula is C21H15N3O2. The Kier molecular flexibility index (Phi) is 3.82. The van der Waals surface area contributed by atoms with E-state index in [1.165, 1.54) is 0 Å². The van der Waals surface area contributed by atoms with E-state index in [0.29, 0.717) is 39.4 Å². The zero-order valence-electron chi connectivity index (χ0n) is 13.8. The average molecular weight is 341 g/mol. The summed E-state index contributed by atoms with van der Waals surface area (Å²) in [6.45, 7) is 4.17. The van der Waals surface area contributed by atoms with E-state index in [9.17, 15) is 10.2 Å². The highest BCUT2D eigenvalue weighted by atomic mass is 16.3. The van der Waals surface area contributed by atoms with Crippen molar-refractivity contribution in [3.05, 3.63) is 96.1 Å². The third kappa shape index (κ3) is 2.56. The van der Waals surface area contributed by atoms with Gasteiger partial charge in [-0.3, -0.25) is 9.97 Å². The van der Waals surface area contributed by atoms with Gasteiger partial charge in [0.15, 0.2) is 0 Å². The van der Waals surface area contributed by atoms with Gasteiger partial charge in [0.2, 0.25) is 0 Å². The molecule has 5 nitrogen and oxygen atoms in total. The van der Waals surface area contributed by atoms with Gasteiger partial charge in [-0.15, -0.1) is 0 Å². The molecule has 0 amide bonds. The Labute approximate surface area is 150 Å². The summed E-state index contributed by atoms with van der Waals surface area (Å²) in [5, 5.41) is 20.7. The van der Waals surface area contributed by atoms with Crippen molar-refractivity contribution >= 4 is 17.0 Å². The lowest BCUT2D eigenvalue weighted by Crippen LogP contribution is -2.04. The fourth-order valence-electron chi connectivity index (χ4n) is 2.97. The molecule has 0 radical (unpaired) electrons. The number of hydrogen-bond donors (Lipinski definition) is 2. The van der Waals surface area contributed by atoms with Crippen LogP contribution in [0.1, 0.15) is 16.8 Å². The van der Waals surface area contributed by atoms with Crippen molar-refractivity contribution in [1.29, 1.82) is 0 Å². The van der Waals surface area contributed by atoms with Gasteiger partial charge in [-0.25, -0.2) is 4.99 Å². The molecule has 0 atom stereocenters. The van der Waals surface area contributed by atoms with Crippen molar-refractivity contribution in [2.45, 2.75) is 0 Å². The molecule has 0 aliphatic carbocycles. The first kappa shape index (κ1) is 15.8. The van der Waals surface area contributed by atoms with Crippen LogP contribution in [0.25, 0.3) is 11.3 Å². The SMILES string of the molecule is C=C1C(c2cnccn2)=NC(c2ccccc2O)=C1c1ccccc1O. The van der Waals surface area contributed by atoms with Gasteiger partial charge >= 0.3 is 0 Å². The summed E-state index contributed by atoms with van der Waals surface area (Å²) in [6.07, 6.45) is 4.78. The summed E-state index contributed by atoms with van der Waals surface area (Å²) in [5.41, 5.74) is 4.11. The van der Waals surface area contributed by atoms with Gasteiger partial charge in [0, 0.05) is 34.7 Å². The van der Waals surface area contributed by atoms with Crippen LogP contribution in [0.5, 0.6) is 11.5 Å². The lowest BCUT2D eigenvalue weighted by atomic mass is 9.93. The summed E-state index contributed by atoms with van der Waals surface area (Å²) in [4.78, 5) is 13.1. The third-order valence-corrected chi connectivity index (χ3v) is 4.19. The highest BCUT2D eigenvalue weighted by Gasteiger charge is 2.28. The molecule has 0 bridgehead atoms. The molecule has 0 fully saturated rings.